The highest BCUT2D eigenvalue weighted by atomic mass is 16.5. The molecule has 1 atom stereocenters. The van der Waals surface area contributed by atoms with E-state index in [0.29, 0.717) is 13.1 Å². The number of hydrogen-bond donors (Lipinski definition) is 1. The van der Waals surface area contributed by atoms with Crippen molar-refractivity contribution >= 4 is 18.0 Å². The monoisotopic (exact) mass is 286 g/mol. The molecule has 0 rings (SSSR count). The number of nitrogens with one attached hydrogen (secondary N) is 1. The SMILES string of the molecule is CCNC(=O)N(CC)[C@H](C)COC(=O)/C=C/C(=O)OC. The van der Waals surface area contributed by atoms with Crippen molar-refractivity contribution in [3.05, 3.63) is 12.2 Å². The molecule has 0 aromatic carbocycles. The van der Waals surface area contributed by atoms with Gasteiger partial charge < -0.3 is 19.7 Å². The summed E-state index contributed by atoms with van der Waals surface area (Å²) in [5.74, 6) is -1.29. The van der Waals surface area contributed by atoms with E-state index < -0.39 is 11.9 Å². The summed E-state index contributed by atoms with van der Waals surface area (Å²) in [4.78, 5) is 35.4. The van der Waals surface area contributed by atoms with Gasteiger partial charge in [0.2, 0.25) is 0 Å². The molecule has 0 aliphatic rings. The van der Waals surface area contributed by atoms with Gasteiger partial charge in [-0.1, -0.05) is 0 Å². The Hall–Kier alpha value is -2.05. The van der Waals surface area contributed by atoms with Crippen LogP contribution in [0.25, 0.3) is 0 Å². The van der Waals surface area contributed by atoms with Crippen LogP contribution in [0.3, 0.4) is 0 Å². The zero-order valence-corrected chi connectivity index (χ0v) is 12.3. The molecule has 0 fully saturated rings. The van der Waals surface area contributed by atoms with E-state index in [2.05, 4.69) is 10.1 Å². The maximum absolute atomic E-state index is 11.7. The zero-order valence-electron chi connectivity index (χ0n) is 12.3. The second-order valence-corrected chi connectivity index (χ2v) is 3.96. The van der Waals surface area contributed by atoms with Gasteiger partial charge in [-0.25, -0.2) is 14.4 Å². The van der Waals surface area contributed by atoms with Gasteiger partial charge in [-0.05, 0) is 20.8 Å². The number of hydrogen-bond acceptors (Lipinski definition) is 5. The van der Waals surface area contributed by atoms with Crippen LogP contribution in [-0.2, 0) is 19.1 Å². The maximum atomic E-state index is 11.7. The lowest BCUT2D eigenvalue weighted by atomic mass is 10.3. The molecular weight excluding hydrogens is 264 g/mol. The molecule has 0 aromatic rings. The highest BCUT2D eigenvalue weighted by molar-refractivity contribution is 5.91. The van der Waals surface area contributed by atoms with Crippen molar-refractivity contribution in [2.75, 3.05) is 26.8 Å². The molecule has 20 heavy (non-hydrogen) atoms. The summed E-state index contributed by atoms with van der Waals surface area (Å²) in [5, 5.41) is 2.68. The van der Waals surface area contributed by atoms with Crippen LogP contribution in [0, 0.1) is 0 Å². The number of nitrogens with zero attached hydrogens (tertiary/aromatic N) is 1. The second kappa shape index (κ2) is 9.82. The first-order valence-electron chi connectivity index (χ1n) is 6.43. The Morgan fingerprint density at radius 2 is 1.80 bits per heavy atom. The van der Waals surface area contributed by atoms with Crippen molar-refractivity contribution in [2.45, 2.75) is 26.8 Å². The minimum absolute atomic E-state index is 0.0509. The quantitative estimate of drug-likeness (QED) is 0.550. The van der Waals surface area contributed by atoms with E-state index in [-0.39, 0.29) is 18.7 Å². The lowest BCUT2D eigenvalue weighted by Gasteiger charge is -2.27. The van der Waals surface area contributed by atoms with Crippen molar-refractivity contribution in [1.29, 1.82) is 0 Å². The van der Waals surface area contributed by atoms with E-state index >= 15 is 0 Å². The summed E-state index contributed by atoms with van der Waals surface area (Å²) >= 11 is 0. The molecule has 0 unspecified atom stereocenters. The van der Waals surface area contributed by atoms with Crippen molar-refractivity contribution in [1.82, 2.24) is 10.2 Å². The normalized spacial score (nSPS) is 11.8. The summed E-state index contributed by atoms with van der Waals surface area (Å²) in [6, 6.07) is -0.467. The summed E-state index contributed by atoms with van der Waals surface area (Å²) in [6.07, 6.45) is 1.97. The Morgan fingerprint density at radius 3 is 2.30 bits per heavy atom. The predicted octanol–water partition coefficient (Wildman–Crippen LogP) is 0.699. The van der Waals surface area contributed by atoms with E-state index in [1.165, 1.54) is 7.11 Å². The molecule has 1 N–H and O–H groups in total. The maximum Gasteiger partial charge on any atom is 0.331 e. The summed E-state index contributed by atoms with van der Waals surface area (Å²) < 4.78 is 9.30. The Labute approximate surface area is 118 Å². The Balaban J connectivity index is 4.28. The van der Waals surface area contributed by atoms with Gasteiger partial charge in [0.1, 0.15) is 6.61 Å². The van der Waals surface area contributed by atoms with Gasteiger partial charge in [-0.3, -0.25) is 0 Å². The second-order valence-electron chi connectivity index (χ2n) is 3.96. The molecule has 2 amide bonds. The third kappa shape index (κ3) is 6.77. The van der Waals surface area contributed by atoms with Crippen LogP contribution in [0.5, 0.6) is 0 Å². The minimum Gasteiger partial charge on any atom is -0.466 e. The number of urea groups is 1. The molecule has 0 bridgehead atoms. The van der Waals surface area contributed by atoms with Crippen LogP contribution in [0.15, 0.2) is 12.2 Å². The molecule has 7 heteroatoms. The van der Waals surface area contributed by atoms with Gasteiger partial charge in [0.25, 0.3) is 0 Å². The number of rotatable bonds is 7. The number of esters is 2. The van der Waals surface area contributed by atoms with E-state index in [1.54, 1.807) is 11.8 Å². The zero-order chi connectivity index (χ0) is 15.5. The van der Waals surface area contributed by atoms with Crippen molar-refractivity contribution in [3.63, 3.8) is 0 Å². The average molecular weight is 286 g/mol. The summed E-state index contributed by atoms with van der Waals surface area (Å²) in [7, 11) is 1.21. The highest BCUT2D eigenvalue weighted by Gasteiger charge is 2.18. The van der Waals surface area contributed by atoms with Crippen LogP contribution < -0.4 is 5.32 Å². The van der Waals surface area contributed by atoms with Gasteiger partial charge in [-0.15, -0.1) is 0 Å². The molecule has 0 spiro atoms. The number of ether oxygens (including phenoxy) is 2. The molecule has 0 aliphatic heterocycles. The minimum atomic E-state index is -0.658. The summed E-state index contributed by atoms with van der Waals surface area (Å²) in [5.41, 5.74) is 0. The topological polar surface area (TPSA) is 84.9 Å². The van der Waals surface area contributed by atoms with Crippen LogP contribution in [0.2, 0.25) is 0 Å². The van der Waals surface area contributed by atoms with Crippen molar-refractivity contribution in [2.24, 2.45) is 0 Å². The first-order chi connectivity index (χ1) is 9.46. The van der Waals surface area contributed by atoms with Crippen LogP contribution in [0.1, 0.15) is 20.8 Å². The van der Waals surface area contributed by atoms with Gasteiger partial charge >= 0.3 is 18.0 Å². The highest BCUT2D eigenvalue weighted by Crippen LogP contribution is 2.01. The van der Waals surface area contributed by atoms with E-state index in [9.17, 15) is 14.4 Å². The van der Waals surface area contributed by atoms with Crippen molar-refractivity contribution < 1.29 is 23.9 Å². The number of methoxy groups -OCH3 is 1. The molecule has 0 heterocycles. The molecule has 7 nitrogen and oxygen atoms in total. The lowest BCUT2D eigenvalue weighted by molar-refractivity contribution is -0.140. The number of carbonyl (C=O) groups is 3. The number of carbonyl (C=O) groups excluding carboxylic acids is 3. The first-order valence-corrected chi connectivity index (χ1v) is 6.43. The Bertz CT molecular complexity index is 368. The van der Waals surface area contributed by atoms with Gasteiger partial charge in [0, 0.05) is 25.2 Å². The summed E-state index contributed by atoms with van der Waals surface area (Å²) in [6.45, 7) is 6.52. The smallest absolute Gasteiger partial charge is 0.331 e. The van der Waals surface area contributed by atoms with Crippen LogP contribution in [-0.4, -0.2) is 55.7 Å². The van der Waals surface area contributed by atoms with Crippen LogP contribution >= 0.6 is 0 Å². The number of likely N-dealkylation sites (N-methyl/N-ethyl adjacent to an activating group) is 1. The molecule has 0 saturated carbocycles. The van der Waals surface area contributed by atoms with E-state index in [4.69, 9.17) is 4.74 Å². The Morgan fingerprint density at radius 1 is 1.20 bits per heavy atom. The molecule has 0 aromatic heterocycles. The molecule has 0 aliphatic carbocycles. The van der Waals surface area contributed by atoms with Gasteiger partial charge in [0.15, 0.2) is 0 Å². The third-order valence-corrected chi connectivity index (χ3v) is 2.49. The fourth-order valence-corrected chi connectivity index (χ4v) is 1.45. The third-order valence-electron chi connectivity index (χ3n) is 2.49. The van der Waals surface area contributed by atoms with Crippen LogP contribution in [0.4, 0.5) is 4.79 Å². The molecule has 0 saturated heterocycles. The van der Waals surface area contributed by atoms with E-state index in [1.807, 2.05) is 13.8 Å². The lowest BCUT2D eigenvalue weighted by Crippen LogP contribution is -2.46. The van der Waals surface area contributed by atoms with E-state index in [0.717, 1.165) is 12.2 Å². The Kier molecular flexibility index (Phi) is 8.82. The first kappa shape index (κ1) is 17.9. The molecular formula is C13H22N2O5. The molecule has 0 radical (unpaired) electrons. The largest absolute Gasteiger partial charge is 0.466 e. The fraction of sp³-hybridized carbons (Fsp3) is 0.615. The van der Waals surface area contributed by atoms with Gasteiger partial charge in [-0.2, -0.15) is 0 Å². The van der Waals surface area contributed by atoms with Gasteiger partial charge in [0.05, 0.1) is 13.2 Å². The molecule has 114 valence electrons. The standard InChI is InChI=1S/C13H22N2O5/c1-5-14-13(18)15(6-2)10(3)9-20-12(17)8-7-11(16)19-4/h7-8,10H,5-6,9H2,1-4H3,(H,14,18)/b8-7+/t10-/m1/s1. The number of amides is 2. The average Bonchev–Trinajstić information content (AvgIpc) is 2.43. The van der Waals surface area contributed by atoms with Crippen molar-refractivity contribution in [3.8, 4) is 0 Å². The predicted molar refractivity (Wildman–Crippen MR) is 73.0 cm³/mol. The fourth-order valence-electron chi connectivity index (χ4n) is 1.45.